The minimum atomic E-state index is -4.66. The number of H-pyrrole nitrogens is 2. The normalized spacial score (nSPS) is 22.5. The largest absolute Gasteiger partial charge is 0.453 e. The summed E-state index contributed by atoms with van der Waals surface area (Å²) in [5.41, 5.74) is 4.06. The number of methoxy groups -OCH3 is 1. The Kier molecular flexibility index (Phi) is 12.6. The fourth-order valence-corrected chi connectivity index (χ4v) is 8.42. The van der Waals surface area contributed by atoms with Crippen LogP contribution in [0.2, 0.25) is 0 Å². The number of benzene rings is 1. The van der Waals surface area contributed by atoms with Crippen LogP contribution in [0.15, 0.2) is 36.7 Å². The quantitative estimate of drug-likeness (QED) is 0.154. The number of hydrogen-bond donors (Lipinski definition) is 5. The molecule has 4 atom stereocenters. The Hall–Kier alpha value is -5.09. The third-order valence-electron chi connectivity index (χ3n) is 11.4. The van der Waals surface area contributed by atoms with Gasteiger partial charge in [0.1, 0.15) is 23.7 Å². The average molecular weight is 784 g/mol. The predicted molar refractivity (Wildman–Crippen MR) is 200 cm³/mol. The molecular formula is C39H52F3N9O5. The van der Waals surface area contributed by atoms with Crippen molar-refractivity contribution < 1.29 is 37.1 Å². The van der Waals surface area contributed by atoms with Gasteiger partial charge in [-0.25, -0.2) is 19.6 Å². The van der Waals surface area contributed by atoms with Crippen LogP contribution in [0.1, 0.15) is 118 Å². The van der Waals surface area contributed by atoms with Crippen LogP contribution >= 0.6 is 0 Å². The van der Waals surface area contributed by atoms with Crippen molar-refractivity contribution in [3.05, 3.63) is 59.6 Å². The maximum atomic E-state index is 13.5. The number of carbonyl (C=O) groups excluding carboxylic acids is 4. The minimum Gasteiger partial charge on any atom is -0.453 e. The van der Waals surface area contributed by atoms with Crippen LogP contribution in [-0.4, -0.2) is 99.2 Å². The molecule has 3 aliphatic rings. The Labute approximate surface area is 324 Å². The van der Waals surface area contributed by atoms with Crippen molar-refractivity contribution in [2.24, 2.45) is 5.92 Å². The van der Waals surface area contributed by atoms with Crippen LogP contribution in [0.5, 0.6) is 0 Å². The number of ether oxygens (including phenoxy) is 1. The summed E-state index contributed by atoms with van der Waals surface area (Å²) in [4.78, 5) is 69.9. The van der Waals surface area contributed by atoms with Gasteiger partial charge in [0.05, 0.1) is 37.5 Å². The van der Waals surface area contributed by atoms with Crippen molar-refractivity contribution in [2.75, 3.05) is 27.2 Å². The van der Waals surface area contributed by atoms with E-state index in [0.717, 1.165) is 68.4 Å². The number of nitrogens with zero attached hydrogens (tertiary/aromatic N) is 4. The van der Waals surface area contributed by atoms with E-state index >= 15 is 0 Å². The first kappa shape index (κ1) is 40.6. The van der Waals surface area contributed by atoms with Gasteiger partial charge in [0.25, 0.3) is 0 Å². The second-order valence-corrected chi connectivity index (χ2v) is 15.4. The van der Waals surface area contributed by atoms with E-state index in [9.17, 15) is 32.3 Å². The molecule has 2 saturated heterocycles. The van der Waals surface area contributed by atoms with Crippen molar-refractivity contribution in [1.82, 2.24) is 45.7 Å². The second-order valence-electron chi connectivity index (χ2n) is 15.4. The summed E-state index contributed by atoms with van der Waals surface area (Å²) in [6.07, 6.45) is 2.91. The van der Waals surface area contributed by atoms with Gasteiger partial charge < -0.3 is 40.5 Å². The number of carbonyl (C=O) groups is 4. The van der Waals surface area contributed by atoms with Gasteiger partial charge in [-0.2, -0.15) is 13.2 Å². The number of aromatic nitrogens is 4. The van der Waals surface area contributed by atoms with Gasteiger partial charge in [0, 0.05) is 37.9 Å². The Bertz CT molecular complexity index is 1840. The van der Waals surface area contributed by atoms with E-state index in [1.165, 1.54) is 17.5 Å². The third-order valence-corrected chi connectivity index (χ3v) is 11.4. The summed E-state index contributed by atoms with van der Waals surface area (Å²) in [7, 11) is 2.56. The van der Waals surface area contributed by atoms with Crippen LogP contribution in [0.25, 0.3) is 11.3 Å². The molecule has 0 radical (unpaired) electrons. The topological polar surface area (TPSA) is 177 Å². The van der Waals surface area contributed by atoms with Crippen LogP contribution in [0.4, 0.5) is 22.8 Å². The molecule has 304 valence electrons. The van der Waals surface area contributed by atoms with Crippen molar-refractivity contribution in [2.45, 2.75) is 114 Å². The van der Waals surface area contributed by atoms with E-state index in [0.29, 0.717) is 31.1 Å². The monoisotopic (exact) mass is 783 g/mol. The lowest BCUT2D eigenvalue weighted by molar-refractivity contribution is -0.154. The van der Waals surface area contributed by atoms with Gasteiger partial charge in [-0.15, -0.1) is 0 Å². The molecule has 2 aromatic heterocycles. The molecule has 1 saturated carbocycles. The molecule has 1 aliphatic carbocycles. The first-order valence-electron chi connectivity index (χ1n) is 19.5. The van der Waals surface area contributed by atoms with Gasteiger partial charge in [-0.3, -0.25) is 9.59 Å². The third kappa shape index (κ3) is 9.29. The molecule has 4 heterocycles. The van der Waals surface area contributed by atoms with Crippen molar-refractivity contribution in [3.63, 3.8) is 0 Å². The average Bonchev–Trinajstić information content (AvgIpc) is 4.02. The fraction of sp³-hybridized carbons (Fsp3) is 0.590. The summed E-state index contributed by atoms with van der Waals surface area (Å²) in [5, 5.41) is 7.38. The van der Waals surface area contributed by atoms with Crippen molar-refractivity contribution in [1.29, 1.82) is 0 Å². The molecule has 5 amide bonds. The predicted octanol–water partition coefficient (Wildman–Crippen LogP) is 6.20. The zero-order chi connectivity index (χ0) is 40.1. The van der Waals surface area contributed by atoms with E-state index in [1.54, 1.807) is 12.4 Å². The SMILES string of the molecule is CNC(=O)NC(C(=O)N1CCCC1c1ncc(-c2ccc(C3CCC(c4cnc(C5CCCN5C(=O)C(CC(F)(F)F)NC(=O)OC)[nH]4)CC3)cc2)[nH]1)C(C)C. The first-order valence-corrected chi connectivity index (χ1v) is 19.5. The molecule has 56 heavy (non-hydrogen) atoms. The number of nitrogens with one attached hydrogen (secondary N) is 5. The van der Waals surface area contributed by atoms with E-state index in [1.807, 2.05) is 18.7 Å². The van der Waals surface area contributed by atoms with Gasteiger partial charge >= 0.3 is 18.3 Å². The number of hydrogen-bond acceptors (Lipinski definition) is 7. The summed E-state index contributed by atoms with van der Waals surface area (Å²) in [6.45, 7) is 4.69. The smallest absolute Gasteiger partial charge is 0.407 e. The Balaban J connectivity index is 1.04. The number of halogens is 3. The number of imidazole rings is 2. The number of urea groups is 1. The Morgan fingerprint density at radius 1 is 0.839 bits per heavy atom. The molecule has 6 rings (SSSR count). The van der Waals surface area contributed by atoms with Gasteiger partial charge in [0.15, 0.2) is 0 Å². The van der Waals surface area contributed by atoms with E-state index < -0.39 is 42.7 Å². The highest BCUT2D eigenvalue weighted by Crippen LogP contribution is 2.42. The molecular weight excluding hydrogens is 731 g/mol. The summed E-state index contributed by atoms with van der Waals surface area (Å²) in [5.74, 6) is 0.877. The van der Waals surface area contributed by atoms with Crippen molar-refractivity contribution in [3.8, 4) is 11.3 Å². The van der Waals surface area contributed by atoms with Gasteiger partial charge in [-0.1, -0.05) is 38.1 Å². The molecule has 0 spiro atoms. The molecule has 2 aliphatic heterocycles. The zero-order valence-corrected chi connectivity index (χ0v) is 32.2. The minimum absolute atomic E-state index is 0.0789. The fourth-order valence-electron chi connectivity index (χ4n) is 8.42. The molecule has 3 aromatic rings. The summed E-state index contributed by atoms with van der Waals surface area (Å²) >= 11 is 0. The Morgan fingerprint density at radius 2 is 1.43 bits per heavy atom. The van der Waals surface area contributed by atoms with E-state index in [-0.39, 0.29) is 36.4 Å². The Morgan fingerprint density at radius 3 is 2.02 bits per heavy atom. The lowest BCUT2D eigenvalue weighted by Crippen LogP contribution is -2.53. The molecule has 4 unspecified atom stereocenters. The standard InChI is InChI=1S/C39H52F3N9O5/c1-22(2)32(49-37(54)43-3)36(53)51-18-6-8-31(51)34-45-21-29(47-34)26-15-11-24(12-16-26)23-9-13-25(14-10-23)28-20-44-33(46-28)30-7-5-17-50(30)35(52)27(19-39(40,41)42)48-38(55)56-4/h11-12,15-16,20-23,25,27,30-32H,5-10,13-14,17-19H2,1-4H3,(H,44,46)(H,45,47)(H,48,55)(H2,43,49,54). The van der Waals surface area contributed by atoms with Crippen LogP contribution in [0, 0.1) is 5.92 Å². The van der Waals surface area contributed by atoms with Crippen LogP contribution < -0.4 is 16.0 Å². The summed E-state index contributed by atoms with van der Waals surface area (Å²) in [6, 6.07) is 4.97. The highest BCUT2D eigenvalue weighted by molar-refractivity contribution is 5.88. The maximum Gasteiger partial charge on any atom is 0.407 e. The lowest BCUT2D eigenvalue weighted by atomic mass is 9.77. The van der Waals surface area contributed by atoms with Gasteiger partial charge in [0.2, 0.25) is 11.8 Å². The van der Waals surface area contributed by atoms with Crippen molar-refractivity contribution >= 4 is 23.9 Å². The molecule has 17 heteroatoms. The van der Waals surface area contributed by atoms with E-state index in [2.05, 4.69) is 64.9 Å². The van der Waals surface area contributed by atoms with Gasteiger partial charge in [-0.05, 0) is 74.3 Å². The van der Waals surface area contributed by atoms with E-state index in [4.69, 9.17) is 0 Å². The van der Waals surface area contributed by atoms with Crippen LogP contribution in [-0.2, 0) is 14.3 Å². The number of rotatable bonds is 11. The molecule has 0 bridgehead atoms. The highest BCUT2D eigenvalue weighted by atomic mass is 19.4. The zero-order valence-electron chi connectivity index (χ0n) is 32.2. The first-order chi connectivity index (χ1) is 26.8. The molecule has 5 N–H and O–H groups in total. The van der Waals surface area contributed by atoms with Crippen LogP contribution in [0.3, 0.4) is 0 Å². The number of alkyl halides is 3. The second kappa shape index (κ2) is 17.4. The molecule has 1 aromatic carbocycles. The molecule has 3 fully saturated rings. The summed E-state index contributed by atoms with van der Waals surface area (Å²) < 4.78 is 44.4. The lowest BCUT2D eigenvalue weighted by Gasteiger charge is -2.30. The molecule has 14 nitrogen and oxygen atoms in total. The highest BCUT2D eigenvalue weighted by Gasteiger charge is 2.42. The number of aromatic amines is 2. The maximum absolute atomic E-state index is 13.5. The number of alkyl carbamates (subject to hydrolysis) is 1. The number of likely N-dealkylation sites (tertiary alicyclic amines) is 2. The number of amides is 5.